The van der Waals surface area contributed by atoms with E-state index in [1.54, 1.807) is 12.3 Å². The summed E-state index contributed by atoms with van der Waals surface area (Å²) in [5, 5.41) is 14.9. The molecule has 2 aromatic carbocycles. The van der Waals surface area contributed by atoms with E-state index in [2.05, 4.69) is 35.9 Å². The SMILES string of the molecule is C.Cc1ccc(C(=O)N2CCN(c3ncccc3S(N)(=O)=O)CC2)c(C)c1CC1CCN(c2ccccc2C#N)CC1. The number of pyridine rings is 1. The van der Waals surface area contributed by atoms with Crippen LogP contribution in [0.5, 0.6) is 0 Å². The first-order chi connectivity index (χ1) is 19.7. The molecule has 1 amide bonds. The number of rotatable bonds is 6. The monoisotopic (exact) mass is 588 g/mol. The molecule has 0 atom stereocenters. The molecule has 2 fully saturated rings. The fourth-order valence-electron chi connectivity index (χ4n) is 6.08. The molecular formula is C32H40N6O3S. The fraction of sp³-hybridized carbons (Fsp3) is 0.406. The lowest BCUT2D eigenvalue weighted by Gasteiger charge is -2.36. The van der Waals surface area contributed by atoms with Crippen molar-refractivity contribution in [3.63, 3.8) is 0 Å². The number of para-hydroxylation sites is 1. The summed E-state index contributed by atoms with van der Waals surface area (Å²) in [5.74, 6) is 0.843. The summed E-state index contributed by atoms with van der Waals surface area (Å²) in [6.07, 6.45) is 4.55. The molecule has 10 heteroatoms. The Morgan fingerprint density at radius 3 is 2.33 bits per heavy atom. The Morgan fingerprint density at radius 1 is 0.976 bits per heavy atom. The number of aromatic nitrogens is 1. The number of nitrogens with zero attached hydrogens (tertiary/aromatic N) is 5. The molecule has 2 saturated heterocycles. The quantitative estimate of drug-likeness (QED) is 0.456. The predicted octanol–water partition coefficient (Wildman–Crippen LogP) is 4.28. The van der Waals surface area contributed by atoms with Crippen LogP contribution in [0.4, 0.5) is 11.5 Å². The highest BCUT2D eigenvalue weighted by Crippen LogP contribution is 2.31. The van der Waals surface area contributed by atoms with Crippen LogP contribution in [0.1, 0.15) is 52.9 Å². The van der Waals surface area contributed by atoms with Crippen LogP contribution in [0.3, 0.4) is 0 Å². The molecule has 0 aliphatic carbocycles. The molecule has 3 aromatic rings. The largest absolute Gasteiger partial charge is 0.370 e. The van der Waals surface area contributed by atoms with Crippen LogP contribution in [0, 0.1) is 31.1 Å². The maximum atomic E-state index is 13.6. The van der Waals surface area contributed by atoms with Gasteiger partial charge in [0.05, 0.1) is 11.3 Å². The number of nitriles is 1. The summed E-state index contributed by atoms with van der Waals surface area (Å²) in [6.45, 7) is 7.85. The Balaban J connectivity index is 0.00000405. The van der Waals surface area contributed by atoms with Crippen LogP contribution in [0.2, 0.25) is 0 Å². The zero-order valence-electron chi connectivity index (χ0n) is 23.6. The first-order valence-electron chi connectivity index (χ1n) is 14.0. The van der Waals surface area contributed by atoms with Gasteiger partial charge >= 0.3 is 0 Å². The van der Waals surface area contributed by atoms with Crippen LogP contribution in [0.25, 0.3) is 0 Å². The van der Waals surface area contributed by atoms with E-state index < -0.39 is 10.0 Å². The topological polar surface area (TPSA) is 124 Å². The van der Waals surface area contributed by atoms with E-state index >= 15 is 0 Å². The van der Waals surface area contributed by atoms with Gasteiger partial charge in [0, 0.05) is 51.0 Å². The Labute approximate surface area is 249 Å². The third-order valence-electron chi connectivity index (χ3n) is 8.46. The number of anilines is 2. The molecule has 9 nitrogen and oxygen atoms in total. The highest BCUT2D eigenvalue weighted by atomic mass is 32.2. The molecule has 1 aromatic heterocycles. The molecule has 0 saturated carbocycles. The van der Waals surface area contributed by atoms with E-state index in [-0.39, 0.29) is 18.2 Å². The first-order valence-corrected chi connectivity index (χ1v) is 15.6. The van der Waals surface area contributed by atoms with Crippen LogP contribution < -0.4 is 14.9 Å². The maximum Gasteiger partial charge on any atom is 0.254 e. The van der Waals surface area contributed by atoms with Gasteiger partial charge in [-0.15, -0.1) is 0 Å². The van der Waals surface area contributed by atoms with Gasteiger partial charge in [-0.3, -0.25) is 4.79 Å². The second-order valence-corrected chi connectivity index (χ2v) is 12.5. The zero-order valence-corrected chi connectivity index (χ0v) is 24.4. The van der Waals surface area contributed by atoms with Gasteiger partial charge in [0.25, 0.3) is 5.91 Å². The Morgan fingerprint density at radius 2 is 1.67 bits per heavy atom. The number of amides is 1. The van der Waals surface area contributed by atoms with Crippen molar-refractivity contribution in [3.8, 4) is 6.07 Å². The lowest BCUT2D eigenvalue weighted by Crippen LogP contribution is -2.49. The molecule has 2 aliphatic rings. The summed E-state index contributed by atoms with van der Waals surface area (Å²) in [6, 6.07) is 17.1. The van der Waals surface area contributed by atoms with E-state index in [1.807, 2.05) is 40.1 Å². The van der Waals surface area contributed by atoms with Gasteiger partial charge in [0.15, 0.2) is 0 Å². The normalized spacial score (nSPS) is 16.1. The number of nitrogens with two attached hydrogens (primary N) is 1. The van der Waals surface area contributed by atoms with Crippen molar-refractivity contribution in [1.82, 2.24) is 9.88 Å². The zero-order chi connectivity index (χ0) is 29.1. The van der Waals surface area contributed by atoms with Crippen molar-refractivity contribution < 1.29 is 13.2 Å². The summed E-state index contributed by atoms with van der Waals surface area (Å²) >= 11 is 0. The molecule has 2 N–H and O–H groups in total. The number of carbonyl (C=O) groups excluding carboxylic acids is 1. The number of carbonyl (C=O) groups is 1. The van der Waals surface area contributed by atoms with Crippen molar-refractivity contribution in [2.24, 2.45) is 11.1 Å². The standard InChI is InChI=1S/C31H36N6O3S.CH4/c1-22-9-10-26(31(38)37-18-16-36(17-19-37)30-29(41(33,39)40)8-5-13-34-30)23(2)27(22)20-24-11-14-35(15-12-24)28-7-4-3-6-25(28)21-32;/h3-10,13,24H,11-12,14-20H2,1-2H3,(H2,33,39,40);1H4. The molecule has 2 aliphatic heterocycles. The van der Waals surface area contributed by atoms with Crippen molar-refractivity contribution in [2.45, 2.75) is 45.4 Å². The van der Waals surface area contributed by atoms with Gasteiger partial charge in [-0.1, -0.05) is 25.6 Å². The Bertz CT molecular complexity index is 1580. The van der Waals surface area contributed by atoms with Crippen molar-refractivity contribution >= 4 is 27.4 Å². The van der Waals surface area contributed by atoms with Crippen LogP contribution >= 0.6 is 0 Å². The van der Waals surface area contributed by atoms with E-state index in [0.717, 1.165) is 54.7 Å². The summed E-state index contributed by atoms with van der Waals surface area (Å²) in [7, 11) is -3.90. The second kappa shape index (κ2) is 12.9. The van der Waals surface area contributed by atoms with Crippen LogP contribution in [-0.4, -0.2) is 63.5 Å². The van der Waals surface area contributed by atoms with E-state index in [4.69, 9.17) is 5.14 Å². The van der Waals surface area contributed by atoms with Crippen LogP contribution in [-0.2, 0) is 16.4 Å². The molecule has 3 heterocycles. The van der Waals surface area contributed by atoms with Crippen molar-refractivity contribution in [1.29, 1.82) is 5.26 Å². The van der Waals surface area contributed by atoms with Crippen molar-refractivity contribution in [2.75, 3.05) is 49.1 Å². The molecule has 0 radical (unpaired) electrons. The molecule has 0 unspecified atom stereocenters. The molecule has 0 bridgehead atoms. The molecule has 5 rings (SSSR count). The minimum absolute atomic E-state index is 0. The maximum absolute atomic E-state index is 13.6. The van der Waals surface area contributed by atoms with Gasteiger partial charge in [0.1, 0.15) is 16.8 Å². The third-order valence-corrected chi connectivity index (χ3v) is 9.39. The molecule has 222 valence electrons. The summed E-state index contributed by atoms with van der Waals surface area (Å²) in [5.41, 5.74) is 5.94. The highest BCUT2D eigenvalue weighted by Gasteiger charge is 2.28. The Hall–Kier alpha value is -3.94. The number of benzene rings is 2. The van der Waals surface area contributed by atoms with Crippen LogP contribution in [0.15, 0.2) is 59.6 Å². The van der Waals surface area contributed by atoms with Gasteiger partial charge < -0.3 is 14.7 Å². The number of aryl methyl sites for hydroxylation is 1. The molecular weight excluding hydrogens is 548 g/mol. The minimum Gasteiger partial charge on any atom is -0.370 e. The fourth-order valence-corrected chi connectivity index (χ4v) is 6.79. The number of hydrogen-bond acceptors (Lipinski definition) is 7. The minimum atomic E-state index is -3.90. The van der Waals surface area contributed by atoms with Gasteiger partial charge in [0.2, 0.25) is 10.0 Å². The molecule has 42 heavy (non-hydrogen) atoms. The Kier molecular flexibility index (Phi) is 9.54. The lowest BCUT2D eigenvalue weighted by molar-refractivity contribution is 0.0745. The number of hydrogen-bond donors (Lipinski definition) is 1. The van der Waals surface area contributed by atoms with Gasteiger partial charge in [-0.2, -0.15) is 5.26 Å². The summed E-state index contributed by atoms with van der Waals surface area (Å²) in [4.78, 5) is 23.9. The van der Waals surface area contributed by atoms with Gasteiger partial charge in [-0.05, 0) is 86.1 Å². The number of primary sulfonamides is 1. The highest BCUT2D eigenvalue weighted by molar-refractivity contribution is 7.89. The average molecular weight is 589 g/mol. The predicted molar refractivity (Wildman–Crippen MR) is 166 cm³/mol. The third kappa shape index (κ3) is 6.42. The lowest BCUT2D eigenvalue weighted by atomic mass is 9.85. The number of sulfonamides is 1. The first kappa shape index (κ1) is 31.0. The average Bonchev–Trinajstić information content (AvgIpc) is 2.99. The smallest absolute Gasteiger partial charge is 0.254 e. The van der Waals surface area contributed by atoms with E-state index in [9.17, 15) is 18.5 Å². The van der Waals surface area contributed by atoms with E-state index in [1.165, 1.54) is 17.2 Å². The van der Waals surface area contributed by atoms with E-state index in [0.29, 0.717) is 37.9 Å². The number of piperazine rings is 1. The second-order valence-electron chi connectivity index (χ2n) is 10.9. The summed E-state index contributed by atoms with van der Waals surface area (Å²) < 4.78 is 24.1. The molecule has 0 spiro atoms. The van der Waals surface area contributed by atoms with Crippen molar-refractivity contribution in [3.05, 3.63) is 82.5 Å². The van der Waals surface area contributed by atoms with Gasteiger partial charge in [-0.25, -0.2) is 18.5 Å². The number of piperidine rings is 1.